The standard InChI is InChI=1S/C18H24N4OS/c1-13(18(23)22-9-5-17-15(12-22)6-10-24-17)21-8-2-3-14(11-21)16-4-7-19-20-16/h4,6-7,10,13-14H,2-3,5,8-9,11-12H2,1H3,(H,19,20)/t13-,14+/m1/s1. The number of fused-ring (bicyclic) bond motifs is 1. The smallest absolute Gasteiger partial charge is 0.239 e. The summed E-state index contributed by atoms with van der Waals surface area (Å²) in [6.45, 7) is 5.65. The number of rotatable bonds is 3. The van der Waals surface area contributed by atoms with Crippen molar-refractivity contribution >= 4 is 17.2 Å². The molecule has 0 bridgehead atoms. The highest BCUT2D eigenvalue weighted by Crippen LogP contribution is 2.28. The van der Waals surface area contributed by atoms with Gasteiger partial charge in [-0.2, -0.15) is 5.10 Å². The molecular weight excluding hydrogens is 320 g/mol. The van der Waals surface area contributed by atoms with E-state index in [1.54, 1.807) is 0 Å². The molecule has 1 N–H and O–H groups in total. The van der Waals surface area contributed by atoms with Crippen LogP contribution in [0.25, 0.3) is 0 Å². The van der Waals surface area contributed by atoms with Gasteiger partial charge in [0.2, 0.25) is 5.91 Å². The van der Waals surface area contributed by atoms with E-state index < -0.39 is 0 Å². The number of thiophene rings is 1. The first kappa shape index (κ1) is 15.8. The highest BCUT2D eigenvalue weighted by molar-refractivity contribution is 7.10. The minimum atomic E-state index is -0.0455. The zero-order valence-corrected chi connectivity index (χ0v) is 14.9. The van der Waals surface area contributed by atoms with E-state index in [9.17, 15) is 4.79 Å². The SMILES string of the molecule is C[C@H](C(=O)N1CCc2sccc2C1)N1CCC[C@H](c2ccn[nH]2)C1. The minimum absolute atomic E-state index is 0.0455. The van der Waals surface area contributed by atoms with E-state index in [0.717, 1.165) is 39.0 Å². The molecule has 1 amide bonds. The Balaban J connectivity index is 1.41. The number of likely N-dealkylation sites (tertiary alicyclic amines) is 1. The van der Waals surface area contributed by atoms with Gasteiger partial charge in [0.25, 0.3) is 0 Å². The lowest BCUT2D eigenvalue weighted by Gasteiger charge is -2.38. The van der Waals surface area contributed by atoms with Crippen molar-refractivity contribution < 1.29 is 4.79 Å². The maximum Gasteiger partial charge on any atom is 0.239 e. The Kier molecular flexibility index (Phi) is 4.41. The summed E-state index contributed by atoms with van der Waals surface area (Å²) in [4.78, 5) is 18.8. The van der Waals surface area contributed by atoms with Crippen LogP contribution in [0.1, 0.15) is 41.8 Å². The van der Waals surface area contributed by atoms with Gasteiger partial charge < -0.3 is 4.90 Å². The number of carbonyl (C=O) groups excluding carboxylic acids is 1. The third-order valence-electron chi connectivity index (χ3n) is 5.44. The molecule has 0 radical (unpaired) electrons. The molecule has 128 valence electrons. The van der Waals surface area contributed by atoms with Gasteiger partial charge >= 0.3 is 0 Å². The lowest BCUT2D eigenvalue weighted by Crippen LogP contribution is -2.50. The molecule has 2 aromatic heterocycles. The Hall–Kier alpha value is -1.66. The first-order valence-electron chi connectivity index (χ1n) is 8.79. The number of piperidine rings is 1. The second kappa shape index (κ2) is 6.69. The number of H-pyrrole nitrogens is 1. The summed E-state index contributed by atoms with van der Waals surface area (Å²) < 4.78 is 0. The van der Waals surface area contributed by atoms with Crippen LogP contribution in [0.5, 0.6) is 0 Å². The number of hydrogen-bond donors (Lipinski definition) is 1. The van der Waals surface area contributed by atoms with Gasteiger partial charge in [-0.1, -0.05) is 0 Å². The van der Waals surface area contributed by atoms with E-state index in [4.69, 9.17) is 0 Å². The number of hydrogen-bond acceptors (Lipinski definition) is 4. The number of aromatic amines is 1. The van der Waals surface area contributed by atoms with Gasteiger partial charge in [0.1, 0.15) is 0 Å². The molecule has 0 aliphatic carbocycles. The normalized spacial score (nSPS) is 23.0. The van der Waals surface area contributed by atoms with Crippen LogP contribution in [-0.2, 0) is 17.8 Å². The fraction of sp³-hybridized carbons (Fsp3) is 0.556. The topological polar surface area (TPSA) is 52.2 Å². The van der Waals surface area contributed by atoms with Crippen LogP contribution in [-0.4, -0.2) is 51.6 Å². The lowest BCUT2D eigenvalue weighted by molar-refractivity contribution is -0.137. The summed E-state index contributed by atoms with van der Waals surface area (Å²) in [5.41, 5.74) is 2.53. The molecule has 0 aromatic carbocycles. The van der Waals surface area contributed by atoms with Gasteiger partial charge in [0.15, 0.2) is 0 Å². The molecule has 4 rings (SSSR count). The monoisotopic (exact) mass is 344 g/mol. The van der Waals surface area contributed by atoms with Crippen molar-refractivity contribution in [2.75, 3.05) is 19.6 Å². The molecule has 0 spiro atoms. The summed E-state index contributed by atoms with van der Waals surface area (Å²) in [6, 6.07) is 4.18. The molecule has 2 aliphatic heterocycles. The van der Waals surface area contributed by atoms with Crippen molar-refractivity contribution in [1.29, 1.82) is 0 Å². The van der Waals surface area contributed by atoms with E-state index >= 15 is 0 Å². The Labute approximate surface area is 146 Å². The maximum atomic E-state index is 13.0. The zero-order valence-electron chi connectivity index (χ0n) is 14.1. The Morgan fingerprint density at radius 2 is 2.33 bits per heavy atom. The molecule has 24 heavy (non-hydrogen) atoms. The van der Waals surface area contributed by atoms with Crippen LogP contribution in [0, 0.1) is 0 Å². The van der Waals surface area contributed by atoms with Gasteiger partial charge in [-0.3, -0.25) is 14.8 Å². The van der Waals surface area contributed by atoms with Gasteiger partial charge in [-0.15, -0.1) is 11.3 Å². The van der Waals surface area contributed by atoms with Crippen molar-refractivity contribution in [3.8, 4) is 0 Å². The molecule has 2 atom stereocenters. The summed E-state index contributed by atoms with van der Waals surface area (Å²) in [5, 5.41) is 9.31. The Bertz CT molecular complexity index is 696. The Morgan fingerprint density at radius 1 is 1.42 bits per heavy atom. The molecule has 4 heterocycles. The first-order valence-corrected chi connectivity index (χ1v) is 9.67. The van der Waals surface area contributed by atoms with Gasteiger partial charge in [-0.05, 0) is 55.8 Å². The molecule has 6 heteroatoms. The van der Waals surface area contributed by atoms with Crippen molar-refractivity contribution in [3.05, 3.63) is 39.8 Å². The number of nitrogens with zero attached hydrogens (tertiary/aromatic N) is 3. The fourth-order valence-electron chi connectivity index (χ4n) is 3.96. The second-order valence-corrected chi connectivity index (χ2v) is 7.90. The number of nitrogens with one attached hydrogen (secondary N) is 1. The van der Waals surface area contributed by atoms with E-state index in [1.807, 2.05) is 22.4 Å². The largest absolute Gasteiger partial charge is 0.337 e. The third kappa shape index (κ3) is 3.00. The van der Waals surface area contributed by atoms with Crippen LogP contribution < -0.4 is 0 Å². The quantitative estimate of drug-likeness (QED) is 0.931. The third-order valence-corrected chi connectivity index (χ3v) is 6.46. The Morgan fingerprint density at radius 3 is 3.17 bits per heavy atom. The molecule has 0 unspecified atom stereocenters. The summed E-state index contributed by atoms with van der Waals surface area (Å²) in [6.07, 6.45) is 5.12. The van der Waals surface area contributed by atoms with Crippen LogP contribution in [0.2, 0.25) is 0 Å². The van der Waals surface area contributed by atoms with E-state index in [0.29, 0.717) is 5.92 Å². The van der Waals surface area contributed by atoms with Gasteiger partial charge in [-0.25, -0.2) is 0 Å². The molecule has 5 nitrogen and oxygen atoms in total. The summed E-state index contributed by atoms with van der Waals surface area (Å²) in [5.74, 6) is 0.735. The van der Waals surface area contributed by atoms with Crippen LogP contribution in [0.3, 0.4) is 0 Å². The molecule has 2 aromatic rings. The zero-order chi connectivity index (χ0) is 16.5. The van der Waals surface area contributed by atoms with Gasteiger partial charge in [0, 0.05) is 42.3 Å². The number of carbonyl (C=O) groups is 1. The average molecular weight is 344 g/mol. The lowest BCUT2D eigenvalue weighted by atomic mass is 9.93. The summed E-state index contributed by atoms with van der Waals surface area (Å²) >= 11 is 1.82. The van der Waals surface area contributed by atoms with Gasteiger partial charge in [0.05, 0.1) is 6.04 Å². The van der Waals surface area contributed by atoms with Crippen molar-refractivity contribution in [2.45, 2.75) is 44.7 Å². The molecule has 1 fully saturated rings. The molecule has 2 aliphatic rings. The highest BCUT2D eigenvalue weighted by Gasteiger charge is 2.32. The molecular formula is C18H24N4OS. The predicted octanol–water partition coefficient (Wildman–Crippen LogP) is 2.62. The first-order chi connectivity index (χ1) is 11.7. The maximum absolute atomic E-state index is 13.0. The van der Waals surface area contributed by atoms with Crippen LogP contribution in [0.4, 0.5) is 0 Å². The minimum Gasteiger partial charge on any atom is -0.337 e. The average Bonchev–Trinajstić information content (AvgIpc) is 3.31. The molecule has 1 saturated heterocycles. The number of aromatic nitrogens is 2. The second-order valence-electron chi connectivity index (χ2n) is 6.90. The van der Waals surface area contributed by atoms with E-state index in [2.05, 4.69) is 39.5 Å². The van der Waals surface area contributed by atoms with Crippen molar-refractivity contribution in [3.63, 3.8) is 0 Å². The molecule has 0 saturated carbocycles. The van der Waals surface area contributed by atoms with Crippen LogP contribution in [0.15, 0.2) is 23.7 Å². The van der Waals surface area contributed by atoms with Crippen LogP contribution >= 0.6 is 11.3 Å². The van der Waals surface area contributed by atoms with Crippen molar-refractivity contribution in [2.24, 2.45) is 0 Å². The van der Waals surface area contributed by atoms with Crippen molar-refractivity contribution in [1.82, 2.24) is 20.0 Å². The predicted molar refractivity (Wildman–Crippen MR) is 95.0 cm³/mol. The highest BCUT2D eigenvalue weighted by atomic mass is 32.1. The number of amides is 1. The van der Waals surface area contributed by atoms with E-state index in [-0.39, 0.29) is 11.9 Å². The van der Waals surface area contributed by atoms with E-state index in [1.165, 1.54) is 22.6 Å². The fourth-order valence-corrected chi connectivity index (χ4v) is 4.85. The summed E-state index contributed by atoms with van der Waals surface area (Å²) in [7, 11) is 0.